The van der Waals surface area contributed by atoms with Gasteiger partial charge in [-0.05, 0) is 20.3 Å². The summed E-state index contributed by atoms with van der Waals surface area (Å²) in [7, 11) is 1.95. The van der Waals surface area contributed by atoms with E-state index in [0.29, 0.717) is 0 Å². The maximum Gasteiger partial charge on any atom is 0.0497 e. The van der Waals surface area contributed by atoms with Gasteiger partial charge in [0.05, 0.1) is 0 Å². The molecular weight excluding hydrogens is 136 g/mol. The van der Waals surface area contributed by atoms with Crippen molar-refractivity contribution in [1.82, 2.24) is 5.01 Å². The molecule has 1 aliphatic heterocycles. The van der Waals surface area contributed by atoms with Crippen LogP contribution < -0.4 is 0 Å². The highest BCUT2D eigenvalue weighted by Gasteiger charge is 2.34. The van der Waals surface area contributed by atoms with Crippen molar-refractivity contribution in [2.24, 2.45) is 10.5 Å². The van der Waals surface area contributed by atoms with Crippen molar-refractivity contribution in [3.05, 3.63) is 12.3 Å². The van der Waals surface area contributed by atoms with E-state index in [1.165, 1.54) is 5.71 Å². The third-order valence-corrected chi connectivity index (χ3v) is 2.44. The van der Waals surface area contributed by atoms with E-state index >= 15 is 0 Å². The van der Waals surface area contributed by atoms with Crippen LogP contribution in [0.5, 0.6) is 0 Å². The predicted octanol–water partition coefficient (Wildman–Crippen LogP) is 2.24. The normalized spacial score (nSPS) is 22.4. The van der Waals surface area contributed by atoms with Crippen LogP contribution in [-0.4, -0.2) is 17.8 Å². The van der Waals surface area contributed by atoms with E-state index in [1.54, 1.807) is 0 Å². The lowest BCUT2D eigenvalue weighted by Gasteiger charge is -2.21. The lowest BCUT2D eigenvalue weighted by Crippen LogP contribution is -2.22. The molecule has 0 aromatic rings. The van der Waals surface area contributed by atoms with Crippen molar-refractivity contribution >= 4 is 5.71 Å². The molecule has 0 fully saturated rings. The zero-order chi connectivity index (χ0) is 8.65. The summed E-state index contributed by atoms with van der Waals surface area (Å²) in [5, 5.41) is 6.27. The van der Waals surface area contributed by atoms with E-state index in [1.807, 2.05) is 12.1 Å². The highest BCUT2D eigenvalue weighted by atomic mass is 15.5. The smallest absolute Gasteiger partial charge is 0.0497 e. The molecule has 2 nitrogen and oxygen atoms in total. The SMILES string of the molecule is C=C1N(C)N=C(CC)C1(C)C. The third kappa shape index (κ3) is 1.06. The van der Waals surface area contributed by atoms with Gasteiger partial charge in [-0.3, -0.25) is 5.01 Å². The van der Waals surface area contributed by atoms with Crippen molar-refractivity contribution in [3.8, 4) is 0 Å². The summed E-state index contributed by atoms with van der Waals surface area (Å²) in [6.07, 6.45) is 1.01. The van der Waals surface area contributed by atoms with Gasteiger partial charge in [0, 0.05) is 23.9 Å². The Morgan fingerprint density at radius 1 is 1.55 bits per heavy atom. The Labute approximate surface area is 68.6 Å². The standard InChI is InChI=1S/C9H16N2/c1-6-8-9(3,4)7(2)11(5)10-8/h2,6H2,1,3-5H3. The largest absolute Gasteiger partial charge is 0.272 e. The van der Waals surface area contributed by atoms with Gasteiger partial charge in [-0.25, -0.2) is 0 Å². The molecule has 0 atom stereocenters. The van der Waals surface area contributed by atoms with E-state index in [4.69, 9.17) is 0 Å². The van der Waals surface area contributed by atoms with Crippen LogP contribution >= 0.6 is 0 Å². The molecule has 2 heteroatoms. The fourth-order valence-corrected chi connectivity index (χ4v) is 1.45. The Bertz CT molecular complexity index is 214. The summed E-state index contributed by atoms with van der Waals surface area (Å²) in [5.74, 6) is 0. The number of hydrogen-bond donors (Lipinski definition) is 0. The van der Waals surface area contributed by atoms with Crippen LogP contribution in [0.1, 0.15) is 27.2 Å². The summed E-state index contributed by atoms with van der Waals surface area (Å²) >= 11 is 0. The van der Waals surface area contributed by atoms with Crippen LogP contribution in [0.3, 0.4) is 0 Å². The molecule has 0 saturated carbocycles. The summed E-state index contributed by atoms with van der Waals surface area (Å²) in [4.78, 5) is 0. The Morgan fingerprint density at radius 3 is 2.27 bits per heavy atom. The molecule has 62 valence electrons. The topological polar surface area (TPSA) is 15.6 Å². The number of nitrogens with zero attached hydrogens (tertiary/aromatic N) is 2. The average molecular weight is 152 g/mol. The molecule has 0 saturated heterocycles. The van der Waals surface area contributed by atoms with Crippen molar-refractivity contribution in [3.63, 3.8) is 0 Å². The molecule has 1 rings (SSSR count). The summed E-state index contributed by atoms with van der Waals surface area (Å²) in [6.45, 7) is 10.5. The first-order valence-electron chi connectivity index (χ1n) is 4.01. The second kappa shape index (κ2) is 2.36. The minimum Gasteiger partial charge on any atom is -0.272 e. The van der Waals surface area contributed by atoms with E-state index in [9.17, 15) is 0 Å². The van der Waals surface area contributed by atoms with E-state index in [-0.39, 0.29) is 5.41 Å². The minimum absolute atomic E-state index is 0.0729. The summed E-state index contributed by atoms with van der Waals surface area (Å²) in [5.41, 5.74) is 2.39. The van der Waals surface area contributed by atoms with Crippen LogP contribution in [0, 0.1) is 5.41 Å². The van der Waals surface area contributed by atoms with Crippen LogP contribution in [0.15, 0.2) is 17.4 Å². The molecule has 1 heterocycles. The maximum absolute atomic E-state index is 4.39. The van der Waals surface area contributed by atoms with Crippen molar-refractivity contribution in [2.45, 2.75) is 27.2 Å². The molecule has 0 bridgehead atoms. The molecule has 0 aromatic heterocycles. The van der Waals surface area contributed by atoms with Gasteiger partial charge in [-0.15, -0.1) is 0 Å². The quantitative estimate of drug-likeness (QED) is 0.562. The van der Waals surface area contributed by atoms with Gasteiger partial charge in [0.1, 0.15) is 0 Å². The van der Waals surface area contributed by atoms with Crippen LogP contribution in [-0.2, 0) is 0 Å². The van der Waals surface area contributed by atoms with Crippen molar-refractivity contribution < 1.29 is 0 Å². The van der Waals surface area contributed by atoms with E-state index in [0.717, 1.165) is 12.1 Å². The fraction of sp³-hybridized carbons (Fsp3) is 0.667. The summed E-state index contributed by atoms with van der Waals surface area (Å²) in [6, 6.07) is 0. The monoisotopic (exact) mass is 152 g/mol. The van der Waals surface area contributed by atoms with Gasteiger partial charge in [0.2, 0.25) is 0 Å². The van der Waals surface area contributed by atoms with Crippen molar-refractivity contribution in [2.75, 3.05) is 7.05 Å². The van der Waals surface area contributed by atoms with Crippen LogP contribution in [0.4, 0.5) is 0 Å². The first kappa shape index (κ1) is 8.31. The van der Waals surface area contributed by atoms with Crippen LogP contribution in [0.25, 0.3) is 0 Å². The molecule has 0 aromatic carbocycles. The molecular formula is C9H16N2. The van der Waals surface area contributed by atoms with Gasteiger partial charge in [-0.1, -0.05) is 13.5 Å². The number of hydrogen-bond acceptors (Lipinski definition) is 2. The van der Waals surface area contributed by atoms with Gasteiger partial charge in [-0.2, -0.15) is 5.10 Å². The highest BCUT2D eigenvalue weighted by Crippen LogP contribution is 2.35. The third-order valence-electron chi connectivity index (χ3n) is 2.44. The lowest BCUT2D eigenvalue weighted by molar-refractivity contribution is 0.412. The Balaban J connectivity index is 2.97. The highest BCUT2D eigenvalue weighted by molar-refractivity contribution is 5.93. The molecule has 0 radical (unpaired) electrons. The second-order valence-electron chi connectivity index (χ2n) is 3.50. The minimum atomic E-state index is 0.0729. The number of allylic oxidation sites excluding steroid dienone is 1. The molecule has 0 unspecified atom stereocenters. The zero-order valence-corrected chi connectivity index (χ0v) is 7.81. The molecule has 0 N–H and O–H groups in total. The fourth-order valence-electron chi connectivity index (χ4n) is 1.45. The number of rotatable bonds is 1. The average Bonchev–Trinajstić information content (AvgIpc) is 2.13. The van der Waals surface area contributed by atoms with Gasteiger partial charge < -0.3 is 0 Å². The molecule has 0 spiro atoms. The van der Waals surface area contributed by atoms with Gasteiger partial charge in [0.25, 0.3) is 0 Å². The first-order valence-corrected chi connectivity index (χ1v) is 4.01. The Morgan fingerprint density at radius 2 is 2.09 bits per heavy atom. The predicted molar refractivity (Wildman–Crippen MR) is 48.4 cm³/mol. The second-order valence-corrected chi connectivity index (χ2v) is 3.50. The van der Waals surface area contributed by atoms with Crippen molar-refractivity contribution in [1.29, 1.82) is 0 Å². The Kier molecular flexibility index (Phi) is 1.78. The Hall–Kier alpha value is -0.790. The van der Waals surface area contributed by atoms with Gasteiger partial charge >= 0.3 is 0 Å². The van der Waals surface area contributed by atoms with Crippen LogP contribution in [0.2, 0.25) is 0 Å². The maximum atomic E-state index is 4.39. The molecule has 0 aliphatic carbocycles. The summed E-state index contributed by atoms with van der Waals surface area (Å²) < 4.78 is 0. The molecule has 0 amide bonds. The zero-order valence-electron chi connectivity index (χ0n) is 7.81. The first-order chi connectivity index (χ1) is 5.00. The number of hydrazone groups is 1. The molecule has 11 heavy (non-hydrogen) atoms. The lowest BCUT2D eigenvalue weighted by atomic mass is 9.84. The van der Waals surface area contributed by atoms with Gasteiger partial charge in [0.15, 0.2) is 0 Å². The molecule has 1 aliphatic rings. The van der Waals surface area contributed by atoms with E-state index < -0.39 is 0 Å². The van der Waals surface area contributed by atoms with E-state index in [2.05, 4.69) is 32.5 Å².